The second-order valence-electron chi connectivity index (χ2n) is 2.54. The predicted molar refractivity (Wildman–Crippen MR) is 48.6 cm³/mol. The SMILES string of the molecule is Cc1c(Cl)ccc(N)c1S(=O)(=O)[O-].[K+]. The maximum absolute atomic E-state index is 10.7. The van der Waals surface area contributed by atoms with Crippen molar-refractivity contribution in [1.82, 2.24) is 0 Å². The number of hydrogen-bond acceptors (Lipinski definition) is 4. The first-order valence-corrected chi connectivity index (χ1v) is 5.13. The van der Waals surface area contributed by atoms with Gasteiger partial charge in [-0.2, -0.15) is 0 Å². The smallest absolute Gasteiger partial charge is 0.744 e. The van der Waals surface area contributed by atoms with E-state index in [1.165, 1.54) is 19.1 Å². The molecule has 0 heterocycles. The fourth-order valence-electron chi connectivity index (χ4n) is 1.02. The summed E-state index contributed by atoms with van der Waals surface area (Å²) in [5.74, 6) is 0. The first-order valence-electron chi connectivity index (χ1n) is 3.34. The summed E-state index contributed by atoms with van der Waals surface area (Å²) in [6.07, 6.45) is 0. The Kier molecular flexibility index (Phi) is 5.59. The summed E-state index contributed by atoms with van der Waals surface area (Å²) in [5, 5.41) is 0.212. The molecule has 0 spiro atoms. The van der Waals surface area contributed by atoms with E-state index in [1.54, 1.807) is 0 Å². The Morgan fingerprint density at radius 2 is 1.93 bits per heavy atom. The quantitative estimate of drug-likeness (QED) is 0.364. The van der Waals surface area contributed by atoms with Crippen LogP contribution in [0.3, 0.4) is 0 Å². The maximum atomic E-state index is 10.7. The van der Waals surface area contributed by atoms with Crippen LogP contribution in [0.4, 0.5) is 5.69 Å². The van der Waals surface area contributed by atoms with Crippen LogP contribution in [-0.2, 0) is 10.1 Å². The summed E-state index contributed by atoms with van der Waals surface area (Å²) in [6.45, 7) is 1.43. The van der Waals surface area contributed by atoms with Crippen molar-refractivity contribution in [3.8, 4) is 0 Å². The standard InChI is InChI=1S/C7H8ClNO3S.K/c1-4-5(8)2-3-6(9)7(4)13(10,11)12;/h2-3H,9H2,1H3,(H,10,11,12);/q;+1/p-1. The van der Waals surface area contributed by atoms with E-state index in [-0.39, 0.29) is 67.7 Å². The van der Waals surface area contributed by atoms with E-state index in [0.717, 1.165) is 0 Å². The molecule has 72 valence electrons. The van der Waals surface area contributed by atoms with Crippen molar-refractivity contribution in [2.24, 2.45) is 0 Å². The fraction of sp³-hybridized carbons (Fsp3) is 0.143. The van der Waals surface area contributed by atoms with Crippen LogP contribution in [0.1, 0.15) is 5.56 Å². The molecule has 0 aliphatic heterocycles. The van der Waals surface area contributed by atoms with Crippen molar-refractivity contribution in [3.05, 3.63) is 22.7 Å². The molecule has 7 heteroatoms. The molecule has 4 nitrogen and oxygen atoms in total. The molecule has 0 aliphatic rings. The molecule has 0 atom stereocenters. The summed E-state index contributed by atoms with van der Waals surface area (Å²) >= 11 is 5.63. The van der Waals surface area contributed by atoms with Crippen molar-refractivity contribution in [2.45, 2.75) is 11.8 Å². The van der Waals surface area contributed by atoms with Gasteiger partial charge >= 0.3 is 51.4 Å². The minimum atomic E-state index is -4.55. The van der Waals surface area contributed by atoms with Crippen LogP contribution in [0.15, 0.2) is 17.0 Å². The van der Waals surface area contributed by atoms with Gasteiger partial charge in [-0.05, 0) is 24.6 Å². The summed E-state index contributed by atoms with van der Waals surface area (Å²) in [6, 6.07) is 2.74. The zero-order chi connectivity index (χ0) is 10.2. The molecule has 0 fully saturated rings. The van der Waals surface area contributed by atoms with E-state index in [0.29, 0.717) is 0 Å². The zero-order valence-corrected chi connectivity index (χ0v) is 12.4. The third kappa shape index (κ3) is 3.18. The van der Waals surface area contributed by atoms with Gasteiger partial charge in [0.05, 0.1) is 4.90 Å². The van der Waals surface area contributed by atoms with Crippen molar-refractivity contribution in [1.29, 1.82) is 0 Å². The number of nitrogens with two attached hydrogens (primary N) is 1. The zero-order valence-electron chi connectivity index (χ0n) is 7.74. The van der Waals surface area contributed by atoms with Gasteiger partial charge in [-0.3, -0.25) is 0 Å². The molecule has 0 unspecified atom stereocenters. The van der Waals surface area contributed by atoms with Crippen LogP contribution < -0.4 is 57.1 Å². The van der Waals surface area contributed by atoms with Crippen LogP contribution in [0, 0.1) is 6.92 Å². The van der Waals surface area contributed by atoms with Crippen molar-refractivity contribution >= 4 is 27.4 Å². The van der Waals surface area contributed by atoms with Crippen molar-refractivity contribution < 1.29 is 64.4 Å². The van der Waals surface area contributed by atoms with Gasteiger partial charge in [-0.25, -0.2) is 8.42 Å². The predicted octanol–water partition coefficient (Wildman–Crippen LogP) is -1.86. The molecule has 0 radical (unpaired) electrons. The first-order chi connectivity index (χ1) is 5.84. The fourth-order valence-corrected chi connectivity index (χ4v) is 2.08. The van der Waals surface area contributed by atoms with Gasteiger partial charge in [-0.1, -0.05) is 11.6 Å². The van der Waals surface area contributed by atoms with Gasteiger partial charge in [0.15, 0.2) is 0 Å². The second kappa shape index (κ2) is 5.27. The van der Waals surface area contributed by atoms with Gasteiger partial charge in [-0.15, -0.1) is 0 Å². The average molecular weight is 260 g/mol. The molecule has 1 aromatic rings. The van der Waals surface area contributed by atoms with E-state index in [4.69, 9.17) is 17.3 Å². The summed E-state index contributed by atoms with van der Waals surface area (Å²) in [5.41, 5.74) is 5.46. The van der Waals surface area contributed by atoms with E-state index in [1.807, 2.05) is 0 Å². The van der Waals surface area contributed by atoms with Crippen molar-refractivity contribution in [3.63, 3.8) is 0 Å². The van der Waals surface area contributed by atoms with E-state index in [2.05, 4.69) is 0 Å². The molecule has 14 heavy (non-hydrogen) atoms. The van der Waals surface area contributed by atoms with Crippen LogP contribution in [-0.4, -0.2) is 13.0 Å². The number of nitrogen functional groups attached to an aromatic ring is 1. The Balaban J connectivity index is 0.00000169. The average Bonchev–Trinajstić information content (AvgIpc) is 1.95. The second-order valence-corrected chi connectivity index (χ2v) is 4.27. The Bertz CT molecular complexity index is 446. The maximum Gasteiger partial charge on any atom is 1.00 e. The van der Waals surface area contributed by atoms with Gasteiger partial charge in [0, 0.05) is 10.7 Å². The Hall–Kier alpha value is 0.856. The third-order valence-corrected chi connectivity index (χ3v) is 3.07. The van der Waals surface area contributed by atoms with E-state index < -0.39 is 15.0 Å². The molecule has 0 aliphatic carbocycles. The molecule has 2 N–H and O–H groups in total. The minimum absolute atomic E-state index is 0. The third-order valence-electron chi connectivity index (χ3n) is 1.62. The molecule has 0 aromatic heterocycles. The minimum Gasteiger partial charge on any atom is -0.744 e. The summed E-state index contributed by atoms with van der Waals surface area (Å²) in [4.78, 5) is -0.431. The van der Waals surface area contributed by atoms with Gasteiger partial charge in [0.2, 0.25) is 0 Å². The van der Waals surface area contributed by atoms with Crippen molar-refractivity contribution in [2.75, 3.05) is 5.73 Å². The van der Waals surface area contributed by atoms with E-state index >= 15 is 0 Å². The number of halogens is 1. The van der Waals surface area contributed by atoms with Gasteiger partial charge in [0.1, 0.15) is 10.1 Å². The molecule has 1 aromatic carbocycles. The number of rotatable bonds is 1. The van der Waals surface area contributed by atoms with Crippen LogP contribution in [0.25, 0.3) is 0 Å². The summed E-state index contributed by atoms with van der Waals surface area (Å²) < 4.78 is 32.2. The normalized spacial score (nSPS) is 10.8. The van der Waals surface area contributed by atoms with Crippen LogP contribution in [0.2, 0.25) is 5.02 Å². The molecular formula is C7H7ClKNO3S. The number of hydrogen-bond donors (Lipinski definition) is 1. The number of anilines is 1. The Morgan fingerprint density at radius 1 is 1.43 bits per heavy atom. The molecular weight excluding hydrogens is 253 g/mol. The molecule has 0 amide bonds. The molecule has 0 saturated heterocycles. The van der Waals surface area contributed by atoms with E-state index in [9.17, 15) is 13.0 Å². The molecule has 1 rings (SSSR count). The molecule has 0 saturated carbocycles. The van der Waals surface area contributed by atoms with Crippen LogP contribution in [0.5, 0.6) is 0 Å². The Morgan fingerprint density at radius 3 is 2.29 bits per heavy atom. The Labute approximate surface area is 130 Å². The monoisotopic (exact) mass is 259 g/mol. The molecule has 0 bridgehead atoms. The van der Waals surface area contributed by atoms with Gasteiger partial charge < -0.3 is 10.3 Å². The largest absolute Gasteiger partial charge is 1.00 e. The number of benzene rings is 1. The van der Waals surface area contributed by atoms with Gasteiger partial charge in [0.25, 0.3) is 0 Å². The topological polar surface area (TPSA) is 83.2 Å². The summed E-state index contributed by atoms with van der Waals surface area (Å²) in [7, 11) is -4.55. The first kappa shape index (κ1) is 14.9. The van der Waals surface area contributed by atoms with Crippen LogP contribution >= 0.6 is 11.6 Å².